The SMILES string of the molecule is Cc1ccc(-n2nc(C)c(CC(=O)NC3(C)CCS(=O)(=O)C3)c2C)cc1Cl. The zero-order chi connectivity index (χ0) is 20.0. The van der Waals surface area contributed by atoms with Crippen molar-refractivity contribution in [3.8, 4) is 5.69 Å². The van der Waals surface area contributed by atoms with E-state index in [1.54, 1.807) is 11.6 Å². The quantitative estimate of drug-likeness (QED) is 0.841. The lowest BCUT2D eigenvalue weighted by atomic mass is 10.0. The molecule has 1 aromatic carbocycles. The van der Waals surface area contributed by atoms with Gasteiger partial charge in [-0.1, -0.05) is 17.7 Å². The molecule has 0 spiro atoms. The lowest BCUT2D eigenvalue weighted by Crippen LogP contribution is -2.47. The van der Waals surface area contributed by atoms with Crippen molar-refractivity contribution in [1.29, 1.82) is 0 Å². The molecule has 1 unspecified atom stereocenters. The average molecular weight is 410 g/mol. The fourth-order valence-electron chi connectivity index (χ4n) is 3.55. The summed E-state index contributed by atoms with van der Waals surface area (Å²) in [6.45, 7) is 7.50. The third-order valence-electron chi connectivity index (χ3n) is 5.12. The number of carbonyl (C=O) groups excluding carboxylic acids is 1. The first-order valence-corrected chi connectivity index (χ1v) is 11.0. The number of sulfone groups is 1. The van der Waals surface area contributed by atoms with Gasteiger partial charge in [-0.3, -0.25) is 4.79 Å². The summed E-state index contributed by atoms with van der Waals surface area (Å²) < 4.78 is 25.2. The predicted molar refractivity (Wildman–Crippen MR) is 106 cm³/mol. The third kappa shape index (κ3) is 4.19. The first-order valence-electron chi connectivity index (χ1n) is 8.83. The summed E-state index contributed by atoms with van der Waals surface area (Å²) in [7, 11) is -3.07. The Labute approximate surface area is 164 Å². The minimum atomic E-state index is -3.07. The lowest BCUT2D eigenvalue weighted by molar-refractivity contribution is -0.121. The molecule has 1 aliphatic rings. The van der Waals surface area contributed by atoms with Crippen molar-refractivity contribution in [2.75, 3.05) is 11.5 Å². The average Bonchev–Trinajstić information content (AvgIpc) is 2.99. The molecule has 1 aromatic heterocycles. The maximum Gasteiger partial charge on any atom is 0.225 e. The molecule has 0 bridgehead atoms. The first-order chi connectivity index (χ1) is 12.5. The van der Waals surface area contributed by atoms with Crippen LogP contribution < -0.4 is 5.32 Å². The summed E-state index contributed by atoms with van der Waals surface area (Å²) in [5, 5.41) is 8.12. The molecule has 2 aromatic rings. The van der Waals surface area contributed by atoms with E-state index >= 15 is 0 Å². The normalized spacial score (nSPS) is 21.4. The van der Waals surface area contributed by atoms with Crippen LogP contribution in [0.3, 0.4) is 0 Å². The molecule has 27 heavy (non-hydrogen) atoms. The van der Waals surface area contributed by atoms with E-state index in [2.05, 4.69) is 10.4 Å². The number of amides is 1. The second kappa shape index (κ2) is 6.95. The Kier molecular flexibility index (Phi) is 5.12. The zero-order valence-electron chi connectivity index (χ0n) is 16.0. The number of nitrogens with zero attached hydrogens (tertiary/aromatic N) is 2. The van der Waals surface area contributed by atoms with Gasteiger partial charge in [-0.2, -0.15) is 5.10 Å². The maximum atomic E-state index is 12.6. The number of hydrogen-bond donors (Lipinski definition) is 1. The number of hydrogen-bond acceptors (Lipinski definition) is 4. The van der Waals surface area contributed by atoms with Gasteiger partial charge >= 0.3 is 0 Å². The molecule has 0 radical (unpaired) electrons. The van der Waals surface area contributed by atoms with Crippen molar-refractivity contribution < 1.29 is 13.2 Å². The van der Waals surface area contributed by atoms with Gasteiger partial charge in [0.15, 0.2) is 9.84 Å². The summed E-state index contributed by atoms with van der Waals surface area (Å²) in [6, 6.07) is 5.72. The topological polar surface area (TPSA) is 81.1 Å². The molecule has 6 nitrogen and oxygen atoms in total. The van der Waals surface area contributed by atoms with Crippen LogP contribution in [0.2, 0.25) is 5.02 Å². The number of halogens is 1. The lowest BCUT2D eigenvalue weighted by Gasteiger charge is -2.23. The molecule has 8 heteroatoms. The summed E-state index contributed by atoms with van der Waals surface area (Å²) in [4.78, 5) is 12.6. The van der Waals surface area contributed by atoms with Gasteiger partial charge in [0, 0.05) is 16.3 Å². The number of benzene rings is 1. The summed E-state index contributed by atoms with van der Waals surface area (Å²) in [6.07, 6.45) is 0.604. The molecule has 0 aliphatic carbocycles. The van der Waals surface area contributed by atoms with Crippen LogP contribution in [0.5, 0.6) is 0 Å². The number of carbonyl (C=O) groups is 1. The van der Waals surface area contributed by atoms with Crippen molar-refractivity contribution in [2.45, 2.75) is 46.1 Å². The Balaban J connectivity index is 1.81. The van der Waals surface area contributed by atoms with Crippen LogP contribution in [0, 0.1) is 20.8 Å². The van der Waals surface area contributed by atoms with Gasteiger partial charge in [0.25, 0.3) is 0 Å². The standard InChI is InChI=1S/C19H24ClN3O3S/c1-12-5-6-15(9-17(12)20)23-14(3)16(13(2)22-23)10-18(24)21-19(4)7-8-27(25,26)11-19/h5-6,9H,7-8,10-11H2,1-4H3,(H,21,24). The van der Waals surface area contributed by atoms with E-state index in [1.165, 1.54) is 0 Å². The Bertz CT molecular complexity index is 1010. The van der Waals surface area contributed by atoms with Gasteiger partial charge in [-0.15, -0.1) is 0 Å². The minimum absolute atomic E-state index is 0.00910. The number of nitrogens with one attached hydrogen (secondary N) is 1. The molecule has 1 fully saturated rings. The molecule has 0 saturated carbocycles. The first kappa shape index (κ1) is 19.9. The van der Waals surface area contributed by atoms with Gasteiger partial charge in [-0.05, 0) is 51.8 Å². The highest BCUT2D eigenvalue weighted by molar-refractivity contribution is 7.91. The third-order valence-corrected chi connectivity index (χ3v) is 7.43. The van der Waals surface area contributed by atoms with Gasteiger partial charge in [0.1, 0.15) is 0 Å². The van der Waals surface area contributed by atoms with Crippen LogP contribution in [-0.4, -0.2) is 41.2 Å². The second-order valence-electron chi connectivity index (χ2n) is 7.62. The minimum Gasteiger partial charge on any atom is -0.350 e. The van der Waals surface area contributed by atoms with Gasteiger partial charge < -0.3 is 5.32 Å². The molecular formula is C19H24ClN3O3S. The number of rotatable bonds is 4. The van der Waals surface area contributed by atoms with Crippen LogP contribution in [0.1, 0.15) is 35.9 Å². The van der Waals surface area contributed by atoms with Gasteiger partial charge in [0.2, 0.25) is 5.91 Å². The number of aromatic nitrogens is 2. The van der Waals surface area contributed by atoms with E-state index in [1.807, 2.05) is 39.0 Å². The molecule has 1 N–H and O–H groups in total. The van der Waals surface area contributed by atoms with Crippen molar-refractivity contribution in [3.05, 3.63) is 45.7 Å². The highest BCUT2D eigenvalue weighted by atomic mass is 35.5. The number of aryl methyl sites for hydroxylation is 2. The van der Waals surface area contributed by atoms with Gasteiger partial charge in [0.05, 0.1) is 34.8 Å². The molecule has 2 heterocycles. The van der Waals surface area contributed by atoms with Crippen molar-refractivity contribution >= 4 is 27.3 Å². The predicted octanol–water partition coefficient (Wildman–Crippen LogP) is 2.69. The zero-order valence-corrected chi connectivity index (χ0v) is 17.5. The van der Waals surface area contributed by atoms with Crippen LogP contribution in [0.25, 0.3) is 5.69 Å². The second-order valence-corrected chi connectivity index (χ2v) is 10.2. The Morgan fingerprint density at radius 1 is 1.33 bits per heavy atom. The molecule has 146 valence electrons. The van der Waals surface area contributed by atoms with Crippen LogP contribution >= 0.6 is 11.6 Å². The van der Waals surface area contributed by atoms with Crippen molar-refractivity contribution in [2.24, 2.45) is 0 Å². The molecule has 3 rings (SSSR count). The fourth-order valence-corrected chi connectivity index (χ4v) is 5.81. The Hall–Kier alpha value is -1.86. The highest BCUT2D eigenvalue weighted by Crippen LogP contribution is 2.25. The van der Waals surface area contributed by atoms with E-state index in [9.17, 15) is 13.2 Å². The maximum absolute atomic E-state index is 12.6. The van der Waals surface area contributed by atoms with E-state index in [4.69, 9.17) is 11.6 Å². The Morgan fingerprint density at radius 3 is 2.63 bits per heavy atom. The molecule has 1 saturated heterocycles. The highest BCUT2D eigenvalue weighted by Gasteiger charge is 2.39. The monoisotopic (exact) mass is 409 g/mol. The van der Waals surface area contributed by atoms with Crippen LogP contribution in [0.15, 0.2) is 18.2 Å². The largest absolute Gasteiger partial charge is 0.350 e. The molecular weight excluding hydrogens is 386 g/mol. The Morgan fingerprint density at radius 2 is 2.04 bits per heavy atom. The molecule has 1 aliphatic heterocycles. The molecule has 1 atom stereocenters. The smallest absolute Gasteiger partial charge is 0.225 e. The van der Waals surface area contributed by atoms with E-state index in [0.29, 0.717) is 11.4 Å². The van der Waals surface area contributed by atoms with E-state index in [0.717, 1.165) is 28.2 Å². The summed E-state index contributed by atoms with van der Waals surface area (Å²) in [5.41, 5.74) is 3.61. The van der Waals surface area contributed by atoms with Crippen LogP contribution in [-0.2, 0) is 21.1 Å². The fraction of sp³-hybridized carbons (Fsp3) is 0.474. The van der Waals surface area contributed by atoms with E-state index in [-0.39, 0.29) is 23.8 Å². The molecule has 1 amide bonds. The van der Waals surface area contributed by atoms with Crippen molar-refractivity contribution in [3.63, 3.8) is 0 Å². The van der Waals surface area contributed by atoms with Crippen LogP contribution in [0.4, 0.5) is 0 Å². The van der Waals surface area contributed by atoms with E-state index < -0.39 is 15.4 Å². The van der Waals surface area contributed by atoms with Crippen molar-refractivity contribution in [1.82, 2.24) is 15.1 Å². The summed E-state index contributed by atoms with van der Waals surface area (Å²) in [5.74, 6) is -0.0824. The summed E-state index contributed by atoms with van der Waals surface area (Å²) >= 11 is 6.23. The van der Waals surface area contributed by atoms with Gasteiger partial charge in [-0.25, -0.2) is 13.1 Å².